The zero-order chi connectivity index (χ0) is 16.8. The first kappa shape index (κ1) is 16.2. The largest absolute Gasteiger partial charge is 0.484 e. The topological polar surface area (TPSA) is 51.2 Å². The molecule has 0 bridgehead atoms. The fourth-order valence-electron chi connectivity index (χ4n) is 2.14. The number of carbonyl (C=O) groups is 1. The Balaban J connectivity index is 1.48. The van der Waals surface area contributed by atoms with Crippen molar-refractivity contribution in [2.45, 2.75) is 13.5 Å². The van der Waals surface area contributed by atoms with Gasteiger partial charge in [-0.1, -0.05) is 48.0 Å². The van der Waals surface area contributed by atoms with Crippen LogP contribution in [0.4, 0.5) is 0 Å². The van der Waals surface area contributed by atoms with Crippen LogP contribution in [0.25, 0.3) is 11.3 Å². The van der Waals surface area contributed by atoms with Gasteiger partial charge in [-0.15, -0.1) is 11.3 Å². The summed E-state index contributed by atoms with van der Waals surface area (Å²) >= 11 is 1.54. The van der Waals surface area contributed by atoms with E-state index in [9.17, 15) is 4.79 Å². The molecule has 0 fully saturated rings. The van der Waals surface area contributed by atoms with Crippen LogP contribution < -0.4 is 10.1 Å². The number of rotatable bonds is 6. The van der Waals surface area contributed by atoms with Crippen LogP contribution in [0.3, 0.4) is 0 Å². The highest BCUT2D eigenvalue weighted by Crippen LogP contribution is 2.21. The summed E-state index contributed by atoms with van der Waals surface area (Å²) in [5.74, 6) is 0.531. The number of ether oxygens (including phenoxy) is 1. The molecule has 122 valence electrons. The van der Waals surface area contributed by atoms with Gasteiger partial charge in [-0.3, -0.25) is 4.79 Å². The van der Waals surface area contributed by atoms with Crippen molar-refractivity contribution in [2.24, 2.45) is 0 Å². The molecule has 0 radical (unpaired) electrons. The van der Waals surface area contributed by atoms with Crippen molar-refractivity contribution < 1.29 is 9.53 Å². The standard InChI is InChI=1S/C19H18N2O2S/c1-14-7-9-16(10-8-14)23-12-18(22)20-11-19-21-17(13-24-19)15-5-3-2-4-6-15/h2-10,13H,11-12H2,1H3,(H,20,22). The monoisotopic (exact) mass is 338 g/mol. The average Bonchev–Trinajstić information content (AvgIpc) is 3.09. The van der Waals surface area contributed by atoms with E-state index in [1.54, 1.807) is 0 Å². The van der Waals surface area contributed by atoms with E-state index in [-0.39, 0.29) is 12.5 Å². The highest BCUT2D eigenvalue weighted by molar-refractivity contribution is 7.09. The summed E-state index contributed by atoms with van der Waals surface area (Å²) in [7, 11) is 0. The highest BCUT2D eigenvalue weighted by atomic mass is 32.1. The molecule has 0 aliphatic carbocycles. The summed E-state index contributed by atoms with van der Waals surface area (Å²) in [6.07, 6.45) is 0. The van der Waals surface area contributed by atoms with Crippen LogP contribution >= 0.6 is 11.3 Å². The number of aromatic nitrogens is 1. The third-order valence-electron chi connectivity index (χ3n) is 3.45. The Bertz CT molecular complexity index is 798. The lowest BCUT2D eigenvalue weighted by molar-refractivity contribution is -0.123. The zero-order valence-electron chi connectivity index (χ0n) is 13.4. The molecule has 1 amide bonds. The molecular formula is C19H18N2O2S. The second-order valence-electron chi connectivity index (χ2n) is 5.37. The third kappa shape index (κ3) is 4.43. The summed E-state index contributed by atoms with van der Waals surface area (Å²) < 4.78 is 5.46. The summed E-state index contributed by atoms with van der Waals surface area (Å²) in [4.78, 5) is 16.4. The van der Waals surface area contributed by atoms with Gasteiger partial charge in [0.15, 0.2) is 6.61 Å². The Morgan fingerprint density at radius 2 is 1.88 bits per heavy atom. The molecule has 1 N–H and O–H groups in total. The molecule has 3 aromatic rings. The first-order valence-corrected chi connectivity index (χ1v) is 8.55. The van der Waals surface area contributed by atoms with E-state index in [1.807, 2.05) is 66.9 Å². The maximum absolute atomic E-state index is 11.9. The lowest BCUT2D eigenvalue weighted by Crippen LogP contribution is -2.28. The lowest BCUT2D eigenvalue weighted by Gasteiger charge is -2.06. The molecule has 0 unspecified atom stereocenters. The van der Waals surface area contributed by atoms with Crippen LogP contribution in [0.1, 0.15) is 10.6 Å². The molecule has 1 heterocycles. The summed E-state index contributed by atoms with van der Waals surface area (Å²) in [5.41, 5.74) is 3.17. The molecule has 1 aromatic heterocycles. The number of amides is 1. The second-order valence-corrected chi connectivity index (χ2v) is 6.31. The zero-order valence-corrected chi connectivity index (χ0v) is 14.2. The van der Waals surface area contributed by atoms with Crippen molar-refractivity contribution >= 4 is 17.2 Å². The Morgan fingerprint density at radius 3 is 2.62 bits per heavy atom. The molecule has 0 spiro atoms. The van der Waals surface area contributed by atoms with Gasteiger partial charge in [0.1, 0.15) is 10.8 Å². The summed E-state index contributed by atoms with van der Waals surface area (Å²) in [6.45, 7) is 2.42. The Kier molecular flexibility index (Phi) is 5.23. The van der Waals surface area contributed by atoms with Gasteiger partial charge in [-0.05, 0) is 19.1 Å². The minimum absolute atomic E-state index is 0.0000212. The van der Waals surface area contributed by atoms with Crippen molar-refractivity contribution in [1.82, 2.24) is 10.3 Å². The van der Waals surface area contributed by atoms with E-state index in [2.05, 4.69) is 10.3 Å². The summed E-state index contributed by atoms with van der Waals surface area (Å²) in [6, 6.07) is 17.6. The maximum atomic E-state index is 11.9. The van der Waals surface area contributed by atoms with Gasteiger partial charge in [0, 0.05) is 10.9 Å². The fourth-order valence-corrected chi connectivity index (χ4v) is 2.89. The molecule has 2 aromatic carbocycles. The molecular weight excluding hydrogens is 320 g/mol. The number of benzene rings is 2. The normalized spacial score (nSPS) is 10.4. The first-order valence-electron chi connectivity index (χ1n) is 7.67. The van der Waals surface area contributed by atoms with Crippen LogP contribution in [-0.4, -0.2) is 17.5 Å². The van der Waals surface area contributed by atoms with E-state index < -0.39 is 0 Å². The number of hydrogen-bond donors (Lipinski definition) is 1. The number of nitrogens with one attached hydrogen (secondary N) is 1. The van der Waals surface area contributed by atoms with Crippen LogP contribution in [0, 0.1) is 6.92 Å². The second kappa shape index (κ2) is 7.75. The van der Waals surface area contributed by atoms with Crippen LogP contribution in [0.15, 0.2) is 60.0 Å². The predicted octanol–water partition coefficient (Wildman–Crippen LogP) is 3.81. The van der Waals surface area contributed by atoms with E-state index in [1.165, 1.54) is 11.3 Å². The summed E-state index contributed by atoms with van der Waals surface area (Å²) in [5, 5.41) is 5.70. The van der Waals surface area contributed by atoms with Crippen molar-refractivity contribution in [3.63, 3.8) is 0 Å². The molecule has 3 rings (SSSR count). The third-order valence-corrected chi connectivity index (χ3v) is 4.30. The Hall–Kier alpha value is -2.66. The van der Waals surface area contributed by atoms with Gasteiger partial charge in [-0.25, -0.2) is 4.98 Å². The SMILES string of the molecule is Cc1ccc(OCC(=O)NCc2nc(-c3ccccc3)cs2)cc1. The minimum atomic E-state index is -0.160. The molecule has 0 aliphatic heterocycles. The van der Waals surface area contributed by atoms with Crippen LogP contribution in [-0.2, 0) is 11.3 Å². The number of hydrogen-bond acceptors (Lipinski definition) is 4. The van der Waals surface area contributed by atoms with Crippen molar-refractivity contribution in [2.75, 3.05) is 6.61 Å². The molecule has 0 saturated carbocycles. The molecule has 4 nitrogen and oxygen atoms in total. The number of aryl methyl sites for hydroxylation is 1. The predicted molar refractivity (Wildman–Crippen MR) is 96.1 cm³/mol. The lowest BCUT2D eigenvalue weighted by atomic mass is 10.2. The fraction of sp³-hybridized carbons (Fsp3) is 0.158. The van der Waals surface area contributed by atoms with E-state index >= 15 is 0 Å². The number of carbonyl (C=O) groups excluding carboxylic acids is 1. The van der Waals surface area contributed by atoms with Gasteiger partial charge < -0.3 is 10.1 Å². The van der Waals surface area contributed by atoms with Gasteiger partial charge in [-0.2, -0.15) is 0 Å². The Morgan fingerprint density at radius 1 is 1.12 bits per heavy atom. The van der Waals surface area contributed by atoms with Gasteiger partial charge in [0.05, 0.1) is 12.2 Å². The van der Waals surface area contributed by atoms with Crippen LogP contribution in [0.5, 0.6) is 5.75 Å². The van der Waals surface area contributed by atoms with E-state index in [0.29, 0.717) is 12.3 Å². The van der Waals surface area contributed by atoms with E-state index in [0.717, 1.165) is 21.8 Å². The molecule has 5 heteroatoms. The maximum Gasteiger partial charge on any atom is 0.258 e. The minimum Gasteiger partial charge on any atom is -0.484 e. The number of thiazole rings is 1. The molecule has 0 saturated heterocycles. The quantitative estimate of drug-likeness (QED) is 0.743. The molecule has 0 atom stereocenters. The number of nitrogens with zero attached hydrogens (tertiary/aromatic N) is 1. The van der Waals surface area contributed by atoms with Gasteiger partial charge >= 0.3 is 0 Å². The average molecular weight is 338 g/mol. The molecule has 24 heavy (non-hydrogen) atoms. The van der Waals surface area contributed by atoms with Crippen molar-refractivity contribution in [3.05, 3.63) is 70.5 Å². The first-order chi connectivity index (χ1) is 11.7. The smallest absolute Gasteiger partial charge is 0.258 e. The highest BCUT2D eigenvalue weighted by Gasteiger charge is 2.07. The molecule has 0 aliphatic rings. The van der Waals surface area contributed by atoms with Crippen LogP contribution in [0.2, 0.25) is 0 Å². The van der Waals surface area contributed by atoms with Gasteiger partial charge in [0.2, 0.25) is 0 Å². The Labute approximate surface area is 145 Å². The van der Waals surface area contributed by atoms with E-state index in [4.69, 9.17) is 4.74 Å². The van der Waals surface area contributed by atoms with Crippen molar-refractivity contribution in [3.8, 4) is 17.0 Å². The van der Waals surface area contributed by atoms with Gasteiger partial charge in [0.25, 0.3) is 5.91 Å². The van der Waals surface area contributed by atoms with Crippen molar-refractivity contribution in [1.29, 1.82) is 0 Å².